The zero-order valence-corrected chi connectivity index (χ0v) is 19.2. The van der Waals surface area contributed by atoms with Gasteiger partial charge in [0.15, 0.2) is 6.61 Å². The van der Waals surface area contributed by atoms with Crippen LogP contribution in [0.5, 0.6) is 5.75 Å². The number of rotatable bonds is 10. The predicted octanol–water partition coefficient (Wildman–Crippen LogP) is 3.32. The van der Waals surface area contributed by atoms with Gasteiger partial charge in [-0.15, -0.1) is 0 Å². The van der Waals surface area contributed by atoms with E-state index in [9.17, 15) is 4.79 Å². The fraction of sp³-hybridized carbons (Fsp3) is 0.480. The molecule has 2 unspecified atom stereocenters. The Hall–Kier alpha value is -2.02. The number of ether oxygens (including phenoxy) is 1. The lowest BCUT2D eigenvalue weighted by molar-refractivity contribution is -0.123. The van der Waals surface area contributed by atoms with Gasteiger partial charge in [0.05, 0.1) is 0 Å². The van der Waals surface area contributed by atoms with Crippen molar-refractivity contribution >= 4 is 18.5 Å². The SMILES string of the molecule is C=CC1=C(C=C)CN(CCCNC(=O)COc2ccccc2C2CNCC(S)C2)CC1. The van der Waals surface area contributed by atoms with Crippen LogP contribution in [0.2, 0.25) is 0 Å². The van der Waals surface area contributed by atoms with Gasteiger partial charge in [-0.05, 0) is 42.0 Å². The van der Waals surface area contributed by atoms with Crippen molar-refractivity contribution in [3.05, 3.63) is 66.3 Å². The molecule has 1 amide bonds. The summed E-state index contributed by atoms with van der Waals surface area (Å²) in [5.74, 6) is 1.07. The summed E-state index contributed by atoms with van der Waals surface area (Å²) in [6.45, 7) is 13.2. The molecule has 0 bridgehead atoms. The van der Waals surface area contributed by atoms with E-state index in [1.54, 1.807) is 0 Å². The minimum atomic E-state index is -0.0806. The summed E-state index contributed by atoms with van der Waals surface area (Å²) in [5, 5.41) is 6.74. The molecule has 0 saturated carbocycles. The molecule has 1 aromatic carbocycles. The van der Waals surface area contributed by atoms with Crippen LogP contribution in [-0.2, 0) is 4.79 Å². The second-order valence-corrected chi connectivity index (χ2v) is 8.99. The minimum Gasteiger partial charge on any atom is -0.483 e. The van der Waals surface area contributed by atoms with Crippen molar-refractivity contribution in [2.45, 2.75) is 30.4 Å². The van der Waals surface area contributed by atoms with Gasteiger partial charge in [0.2, 0.25) is 0 Å². The summed E-state index contributed by atoms with van der Waals surface area (Å²) >= 11 is 4.61. The van der Waals surface area contributed by atoms with Crippen LogP contribution in [0.3, 0.4) is 0 Å². The fourth-order valence-electron chi connectivity index (χ4n) is 4.31. The number of nitrogens with one attached hydrogen (secondary N) is 2. The Kier molecular flexibility index (Phi) is 9.25. The summed E-state index contributed by atoms with van der Waals surface area (Å²) in [4.78, 5) is 14.7. The molecule has 2 aliphatic rings. The summed E-state index contributed by atoms with van der Waals surface area (Å²) in [6, 6.07) is 8.01. The molecule has 168 valence electrons. The molecular formula is C25H35N3O2S. The highest BCUT2D eigenvalue weighted by Crippen LogP contribution is 2.32. The number of amides is 1. The van der Waals surface area contributed by atoms with Crippen LogP contribution in [-0.4, -0.2) is 61.9 Å². The third-order valence-corrected chi connectivity index (χ3v) is 6.41. The number of carbonyl (C=O) groups is 1. The van der Waals surface area contributed by atoms with E-state index in [1.165, 1.54) is 11.1 Å². The standard InChI is InChI=1S/C25H35N3O2S/c1-3-19-10-13-28(17-20(19)4-2)12-7-11-27-25(29)18-30-24-9-6-5-8-23(24)21-14-22(31)16-26-15-21/h3-6,8-9,21-22,26,31H,1-2,7,10-18H2,(H,27,29). The van der Waals surface area contributed by atoms with Gasteiger partial charge in [-0.1, -0.05) is 43.5 Å². The summed E-state index contributed by atoms with van der Waals surface area (Å²) in [5.41, 5.74) is 3.71. The smallest absolute Gasteiger partial charge is 0.257 e. The van der Waals surface area contributed by atoms with Crippen LogP contribution >= 0.6 is 12.6 Å². The summed E-state index contributed by atoms with van der Waals surface area (Å²) < 4.78 is 5.89. The van der Waals surface area contributed by atoms with Crippen molar-refractivity contribution in [2.75, 3.05) is 45.9 Å². The molecule has 2 N–H and O–H groups in total. The van der Waals surface area contributed by atoms with Crippen LogP contribution in [0, 0.1) is 0 Å². The molecule has 0 radical (unpaired) electrons. The number of para-hydroxylation sites is 1. The highest BCUT2D eigenvalue weighted by Gasteiger charge is 2.23. The van der Waals surface area contributed by atoms with Gasteiger partial charge < -0.3 is 15.4 Å². The van der Waals surface area contributed by atoms with Crippen molar-refractivity contribution in [1.29, 1.82) is 0 Å². The Morgan fingerprint density at radius 2 is 2.06 bits per heavy atom. The van der Waals surface area contributed by atoms with E-state index < -0.39 is 0 Å². The monoisotopic (exact) mass is 441 g/mol. The molecule has 1 aromatic rings. The average molecular weight is 442 g/mol. The summed E-state index contributed by atoms with van der Waals surface area (Å²) in [7, 11) is 0. The quantitative estimate of drug-likeness (QED) is 0.385. The van der Waals surface area contributed by atoms with Crippen LogP contribution in [0.25, 0.3) is 0 Å². The Morgan fingerprint density at radius 3 is 2.84 bits per heavy atom. The van der Waals surface area contributed by atoms with Gasteiger partial charge in [0, 0.05) is 50.4 Å². The van der Waals surface area contributed by atoms with Crippen molar-refractivity contribution in [1.82, 2.24) is 15.5 Å². The zero-order chi connectivity index (χ0) is 22.1. The van der Waals surface area contributed by atoms with Gasteiger partial charge in [0.1, 0.15) is 5.75 Å². The molecule has 1 fully saturated rings. The van der Waals surface area contributed by atoms with Gasteiger partial charge in [-0.3, -0.25) is 9.69 Å². The van der Waals surface area contributed by atoms with Crippen molar-refractivity contribution in [3.8, 4) is 5.75 Å². The second kappa shape index (κ2) is 12.1. The number of hydrogen-bond acceptors (Lipinski definition) is 5. The maximum atomic E-state index is 12.3. The topological polar surface area (TPSA) is 53.6 Å². The van der Waals surface area contributed by atoms with Crippen LogP contribution < -0.4 is 15.4 Å². The molecule has 0 spiro atoms. The number of benzene rings is 1. The Morgan fingerprint density at radius 1 is 1.26 bits per heavy atom. The Bertz CT molecular complexity index is 808. The number of piperidine rings is 1. The second-order valence-electron chi connectivity index (χ2n) is 8.26. The molecular weight excluding hydrogens is 406 g/mol. The first-order chi connectivity index (χ1) is 15.1. The van der Waals surface area contributed by atoms with E-state index >= 15 is 0 Å². The molecule has 2 heterocycles. The van der Waals surface area contributed by atoms with Gasteiger partial charge in [-0.2, -0.15) is 12.6 Å². The number of allylic oxidation sites excluding steroid dienone is 1. The van der Waals surface area contributed by atoms with E-state index in [0.29, 0.717) is 17.7 Å². The molecule has 2 atom stereocenters. The van der Waals surface area contributed by atoms with Crippen molar-refractivity contribution < 1.29 is 9.53 Å². The first kappa shape index (κ1) is 23.6. The van der Waals surface area contributed by atoms with E-state index in [4.69, 9.17) is 4.74 Å². The molecule has 2 aliphatic heterocycles. The number of hydrogen-bond donors (Lipinski definition) is 3. The number of nitrogens with zero attached hydrogens (tertiary/aromatic N) is 1. The third-order valence-electron chi connectivity index (χ3n) is 6.01. The van der Waals surface area contributed by atoms with E-state index in [1.807, 2.05) is 30.4 Å². The minimum absolute atomic E-state index is 0.0389. The number of carbonyl (C=O) groups excluding carboxylic acids is 1. The van der Waals surface area contributed by atoms with E-state index in [2.05, 4.69) is 47.4 Å². The normalized spacial score (nSPS) is 22.1. The molecule has 6 heteroatoms. The maximum Gasteiger partial charge on any atom is 0.257 e. The lowest BCUT2D eigenvalue weighted by Crippen LogP contribution is -2.36. The first-order valence-corrected chi connectivity index (χ1v) is 11.7. The predicted molar refractivity (Wildman–Crippen MR) is 131 cm³/mol. The van der Waals surface area contributed by atoms with Crippen LogP contribution in [0.1, 0.15) is 30.7 Å². The maximum absolute atomic E-state index is 12.3. The third kappa shape index (κ3) is 6.99. The number of thiol groups is 1. The van der Waals surface area contributed by atoms with Crippen LogP contribution in [0.4, 0.5) is 0 Å². The molecule has 3 rings (SSSR count). The average Bonchev–Trinajstić information content (AvgIpc) is 2.80. The lowest BCUT2D eigenvalue weighted by Gasteiger charge is -2.29. The van der Waals surface area contributed by atoms with E-state index in [0.717, 1.165) is 63.3 Å². The molecule has 1 saturated heterocycles. The molecule has 0 aliphatic carbocycles. The largest absolute Gasteiger partial charge is 0.483 e. The molecule has 0 aromatic heterocycles. The van der Waals surface area contributed by atoms with E-state index in [-0.39, 0.29) is 12.5 Å². The highest BCUT2D eigenvalue weighted by atomic mass is 32.1. The molecule has 5 nitrogen and oxygen atoms in total. The fourth-order valence-corrected chi connectivity index (χ4v) is 4.69. The summed E-state index contributed by atoms with van der Waals surface area (Å²) in [6.07, 6.45) is 6.80. The lowest BCUT2D eigenvalue weighted by atomic mass is 9.91. The van der Waals surface area contributed by atoms with Gasteiger partial charge >= 0.3 is 0 Å². The molecule has 31 heavy (non-hydrogen) atoms. The van der Waals surface area contributed by atoms with Gasteiger partial charge in [0.25, 0.3) is 5.91 Å². The van der Waals surface area contributed by atoms with Crippen LogP contribution in [0.15, 0.2) is 60.7 Å². The van der Waals surface area contributed by atoms with Gasteiger partial charge in [-0.25, -0.2) is 0 Å². The highest BCUT2D eigenvalue weighted by molar-refractivity contribution is 7.81. The zero-order valence-electron chi connectivity index (χ0n) is 18.3. The first-order valence-electron chi connectivity index (χ1n) is 11.2. The van der Waals surface area contributed by atoms with Crippen molar-refractivity contribution in [2.24, 2.45) is 0 Å². The Balaban J connectivity index is 1.39. The van der Waals surface area contributed by atoms with Crippen molar-refractivity contribution in [3.63, 3.8) is 0 Å². The Labute approximate surface area is 192 Å².